The van der Waals surface area contributed by atoms with Crippen LogP contribution in [0.3, 0.4) is 0 Å². The summed E-state index contributed by atoms with van der Waals surface area (Å²) < 4.78 is 5.56. The number of aliphatic imine (C=N–C) groups is 1. The highest BCUT2D eigenvalue weighted by atomic mass is 16.5. The molecule has 132 valence electrons. The molecule has 0 radical (unpaired) electrons. The number of ether oxygens (including phenoxy) is 1. The van der Waals surface area contributed by atoms with Crippen molar-refractivity contribution in [2.75, 3.05) is 19.7 Å². The molecule has 1 aromatic heterocycles. The second-order valence-corrected chi connectivity index (χ2v) is 6.18. The minimum atomic E-state index is 0.577. The fourth-order valence-electron chi connectivity index (χ4n) is 2.91. The molecule has 0 spiro atoms. The Morgan fingerprint density at radius 2 is 2.16 bits per heavy atom. The number of hydrogen-bond acceptors (Lipinski definition) is 3. The maximum absolute atomic E-state index is 5.56. The molecule has 0 bridgehead atoms. The van der Waals surface area contributed by atoms with Crippen LogP contribution in [0.1, 0.15) is 29.4 Å². The van der Waals surface area contributed by atoms with Crippen molar-refractivity contribution >= 4 is 5.96 Å². The monoisotopic (exact) mass is 338 g/mol. The first kappa shape index (κ1) is 17.3. The highest BCUT2D eigenvalue weighted by Crippen LogP contribution is 2.25. The van der Waals surface area contributed by atoms with Crippen LogP contribution in [0.4, 0.5) is 0 Å². The van der Waals surface area contributed by atoms with E-state index >= 15 is 0 Å². The zero-order valence-corrected chi connectivity index (χ0v) is 15.0. The number of nitrogens with zero attached hydrogens (tertiary/aromatic N) is 2. The van der Waals surface area contributed by atoms with E-state index in [9.17, 15) is 0 Å². The molecule has 3 rings (SSSR count). The first-order valence-corrected chi connectivity index (χ1v) is 8.94. The highest BCUT2D eigenvalue weighted by molar-refractivity contribution is 5.79. The average molecular weight is 338 g/mol. The second-order valence-electron chi connectivity index (χ2n) is 6.18. The van der Waals surface area contributed by atoms with Crippen LogP contribution in [-0.2, 0) is 19.4 Å². The van der Waals surface area contributed by atoms with Crippen LogP contribution in [0.25, 0.3) is 0 Å². The van der Waals surface area contributed by atoms with Gasteiger partial charge in [-0.15, -0.1) is 0 Å². The van der Waals surface area contributed by atoms with Crippen molar-refractivity contribution in [1.29, 1.82) is 0 Å². The lowest BCUT2D eigenvalue weighted by Gasteiger charge is -2.11. The van der Waals surface area contributed by atoms with Crippen molar-refractivity contribution in [2.24, 2.45) is 4.99 Å². The molecule has 0 fully saturated rings. The van der Waals surface area contributed by atoms with Gasteiger partial charge in [0.05, 0.1) is 18.8 Å². The fraction of sp³-hybridized carbons (Fsp3) is 0.400. The van der Waals surface area contributed by atoms with Gasteiger partial charge in [-0.05, 0) is 49.6 Å². The third kappa shape index (κ3) is 4.95. The van der Waals surface area contributed by atoms with Gasteiger partial charge in [-0.2, -0.15) is 0 Å². The Hall–Kier alpha value is -2.56. The largest absolute Gasteiger partial charge is 0.493 e. The van der Waals surface area contributed by atoms with E-state index < -0.39 is 0 Å². The average Bonchev–Trinajstić information content (AvgIpc) is 3.07. The number of benzene rings is 1. The van der Waals surface area contributed by atoms with Gasteiger partial charge in [0.2, 0.25) is 0 Å². The van der Waals surface area contributed by atoms with E-state index in [1.54, 1.807) is 0 Å². The number of aromatic nitrogens is 1. The fourth-order valence-corrected chi connectivity index (χ4v) is 2.91. The van der Waals surface area contributed by atoms with Gasteiger partial charge in [0.1, 0.15) is 5.75 Å². The zero-order chi connectivity index (χ0) is 17.5. The van der Waals surface area contributed by atoms with Gasteiger partial charge in [0.25, 0.3) is 0 Å². The lowest BCUT2D eigenvalue weighted by atomic mass is 10.1. The Morgan fingerprint density at radius 3 is 3.00 bits per heavy atom. The van der Waals surface area contributed by atoms with E-state index in [4.69, 9.17) is 4.74 Å². The predicted molar refractivity (Wildman–Crippen MR) is 101 cm³/mol. The highest BCUT2D eigenvalue weighted by Gasteiger charge is 2.11. The lowest BCUT2D eigenvalue weighted by molar-refractivity contribution is 0.357. The van der Waals surface area contributed by atoms with Crippen LogP contribution in [0, 0.1) is 6.92 Å². The van der Waals surface area contributed by atoms with Gasteiger partial charge in [0, 0.05) is 25.2 Å². The quantitative estimate of drug-likeness (QED) is 0.628. The minimum absolute atomic E-state index is 0.577. The molecule has 1 aliphatic rings. The van der Waals surface area contributed by atoms with Gasteiger partial charge in [-0.3, -0.25) is 4.98 Å². The third-order valence-corrected chi connectivity index (χ3v) is 4.15. The molecule has 0 amide bonds. The molecule has 2 N–H and O–H groups in total. The molecule has 0 saturated carbocycles. The summed E-state index contributed by atoms with van der Waals surface area (Å²) in [7, 11) is 0. The minimum Gasteiger partial charge on any atom is -0.493 e. The molecule has 2 aromatic rings. The van der Waals surface area contributed by atoms with Gasteiger partial charge >= 0.3 is 0 Å². The van der Waals surface area contributed by atoms with E-state index in [0.29, 0.717) is 6.54 Å². The van der Waals surface area contributed by atoms with Gasteiger partial charge < -0.3 is 15.4 Å². The molecule has 2 heterocycles. The Balaban J connectivity index is 1.53. The van der Waals surface area contributed by atoms with Crippen LogP contribution in [0.5, 0.6) is 5.75 Å². The number of rotatable bonds is 6. The molecular weight excluding hydrogens is 312 g/mol. The molecular formula is C20H26N4O. The van der Waals surface area contributed by atoms with E-state index in [-0.39, 0.29) is 0 Å². The second kappa shape index (κ2) is 8.51. The molecule has 0 unspecified atom stereocenters. The van der Waals surface area contributed by atoms with Crippen molar-refractivity contribution < 1.29 is 4.74 Å². The predicted octanol–water partition coefficient (Wildman–Crippen LogP) is 2.62. The van der Waals surface area contributed by atoms with Crippen LogP contribution in [0.2, 0.25) is 0 Å². The maximum atomic E-state index is 5.56. The third-order valence-electron chi connectivity index (χ3n) is 4.15. The first-order chi connectivity index (χ1) is 12.2. The molecule has 5 nitrogen and oxygen atoms in total. The van der Waals surface area contributed by atoms with Gasteiger partial charge in [-0.25, -0.2) is 4.99 Å². The summed E-state index contributed by atoms with van der Waals surface area (Å²) in [6.07, 6.45) is 1.98. The number of hydrogen-bond donors (Lipinski definition) is 2. The zero-order valence-electron chi connectivity index (χ0n) is 15.0. The van der Waals surface area contributed by atoms with Crippen LogP contribution in [-0.4, -0.2) is 30.6 Å². The molecule has 25 heavy (non-hydrogen) atoms. The summed E-state index contributed by atoms with van der Waals surface area (Å²) in [5.74, 6) is 1.87. The lowest BCUT2D eigenvalue weighted by Crippen LogP contribution is -2.38. The molecule has 1 aromatic carbocycles. The maximum Gasteiger partial charge on any atom is 0.191 e. The van der Waals surface area contributed by atoms with Crippen LogP contribution in [0.15, 0.2) is 41.4 Å². The standard InChI is InChI=1S/C20H26N4O/c1-3-21-20(23-14-18-6-4-5-15(2)24-18)22-11-9-16-7-8-19-17(13-16)10-12-25-19/h4-8,13H,3,9-12,14H2,1-2H3,(H2,21,22,23). The van der Waals surface area contributed by atoms with Crippen molar-refractivity contribution in [3.8, 4) is 5.75 Å². The first-order valence-electron chi connectivity index (χ1n) is 8.94. The summed E-state index contributed by atoms with van der Waals surface area (Å²) in [6, 6.07) is 12.5. The van der Waals surface area contributed by atoms with Crippen LogP contribution >= 0.6 is 0 Å². The Kier molecular flexibility index (Phi) is 5.88. The number of pyridine rings is 1. The summed E-state index contributed by atoms with van der Waals surface area (Å²) in [5.41, 5.74) is 4.65. The van der Waals surface area contributed by atoms with E-state index in [1.165, 1.54) is 11.1 Å². The molecule has 5 heteroatoms. The van der Waals surface area contributed by atoms with E-state index in [2.05, 4.69) is 45.7 Å². The molecule has 0 atom stereocenters. The van der Waals surface area contributed by atoms with E-state index in [1.807, 2.05) is 25.1 Å². The number of guanidine groups is 1. The van der Waals surface area contributed by atoms with Gasteiger partial charge in [-0.1, -0.05) is 18.2 Å². The topological polar surface area (TPSA) is 58.5 Å². The number of fused-ring (bicyclic) bond motifs is 1. The summed E-state index contributed by atoms with van der Waals surface area (Å²) >= 11 is 0. The van der Waals surface area contributed by atoms with Gasteiger partial charge in [0.15, 0.2) is 5.96 Å². The molecule has 1 aliphatic heterocycles. The summed E-state index contributed by atoms with van der Waals surface area (Å²) in [5, 5.41) is 6.69. The van der Waals surface area contributed by atoms with Crippen molar-refractivity contribution in [3.05, 3.63) is 58.9 Å². The Bertz CT molecular complexity index is 742. The molecule has 0 aliphatic carbocycles. The number of aryl methyl sites for hydroxylation is 1. The van der Waals surface area contributed by atoms with Crippen molar-refractivity contribution in [1.82, 2.24) is 15.6 Å². The Morgan fingerprint density at radius 1 is 1.24 bits per heavy atom. The Labute approximate surface area is 149 Å². The normalized spacial score (nSPS) is 13.3. The number of nitrogens with one attached hydrogen (secondary N) is 2. The van der Waals surface area contributed by atoms with E-state index in [0.717, 1.165) is 55.6 Å². The summed E-state index contributed by atoms with van der Waals surface area (Å²) in [6.45, 7) is 7.13. The smallest absolute Gasteiger partial charge is 0.191 e. The molecule has 0 saturated heterocycles. The van der Waals surface area contributed by atoms with Crippen LogP contribution < -0.4 is 15.4 Å². The van der Waals surface area contributed by atoms with Crippen molar-refractivity contribution in [2.45, 2.75) is 33.2 Å². The summed E-state index contributed by atoms with van der Waals surface area (Å²) in [4.78, 5) is 9.12. The van der Waals surface area contributed by atoms with Crippen molar-refractivity contribution in [3.63, 3.8) is 0 Å². The SMILES string of the molecule is CCNC(=NCc1cccc(C)n1)NCCc1ccc2c(c1)CCO2.